The second-order valence-electron chi connectivity index (χ2n) is 6.68. The summed E-state index contributed by atoms with van der Waals surface area (Å²) in [5.74, 6) is -0.928. The van der Waals surface area contributed by atoms with E-state index in [9.17, 15) is 14.0 Å². The number of thiophene rings is 1. The third-order valence-electron chi connectivity index (χ3n) is 4.84. The van der Waals surface area contributed by atoms with E-state index in [1.807, 2.05) is 6.07 Å². The minimum absolute atomic E-state index is 0.0752. The van der Waals surface area contributed by atoms with Gasteiger partial charge in [0.15, 0.2) is 0 Å². The lowest BCUT2D eigenvalue weighted by atomic mass is 10.1. The van der Waals surface area contributed by atoms with Crippen molar-refractivity contribution in [2.75, 3.05) is 26.2 Å². The van der Waals surface area contributed by atoms with Gasteiger partial charge in [0.05, 0.1) is 19.8 Å². The summed E-state index contributed by atoms with van der Waals surface area (Å²) >= 11 is 13.3. The number of hydrogen-bond donors (Lipinski definition) is 0. The Bertz CT molecular complexity index is 989. The maximum Gasteiger partial charge on any atom is 0.267 e. The van der Waals surface area contributed by atoms with Crippen LogP contribution in [0.25, 0.3) is 0 Å². The molecule has 1 aromatic heterocycles. The second-order valence-corrected chi connectivity index (χ2v) is 8.80. The summed E-state index contributed by atoms with van der Waals surface area (Å²) in [6.07, 6.45) is -0.278. The van der Waals surface area contributed by atoms with E-state index in [-0.39, 0.29) is 22.4 Å². The maximum absolute atomic E-state index is 13.2. The molecule has 29 heavy (non-hydrogen) atoms. The number of hydrogen-bond acceptors (Lipinski definition) is 5. The highest BCUT2D eigenvalue weighted by Gasteiger charge is 2.35. The van der Waals surface area contributed by atoms with E-state index in [1.54, 1.807) is 15.9 Å². The van der Waals surface area contributed by atoms with E-state index in [1.165, 1.54) is 23.5 Å². The highest BCUT2D eigenvalue weighted by atomic mass is 35.5. The van der Waals surface area contributed by atoms with Gasteiger partial charge in [0.25, 0.3) is 11.8 Å². The number of halogens is 3. The molecular weight excluding hydrogens is 440 g/mol. The lowest BCUT2D eigenvalue weighted by Crippen LogP contribution is -2.53. The lowest BCUT2D eigenvalue weighted by Gasteiger charge is -2.35. The van der Waals surface area contributed by atoms with Gasteiger partial charge in [0.1, 0.15) is 11.5 Å². The summed E-state index contributed by atoms with van der Waals surface area (Å²) in [5.41, 5.74) is 0.958. The van der Waals surface area contributed by atoms with Gasteiger partial charge in [-0.25, -0.2) is 4.39 Å². The molecule has 1 fully saturated rings. The normalized spacial score (nSPS) is 19.1. The Morgan fingerprint density at radius 1 is 1.10 bits per heavy atom. The van der Waals surface area contributed by atoms with E-state index in [2.05, 4.69) is 5.16 Å². The van der Waals surface area contributed by atoms with Gasteiger partial charge in [-0.05, 0) is 30.3 Å². The predicted molar refractivity (Wildman–Crippen MR) is 109 cm³/mol. The molecule has 0 aliphatic carbocycles. The van der Waals surface area contributed by atoms with Gasteiger partial charge in [0, 0.05) is 32.6 Å². The van der Waals surface area contributed by atoms with Crippen molar-refractivity contribution in [1.82, 2.24) is 9.80 Å². The Labute approximate surface area is 180 Å². The predicted octanol–water partition coefficient (Wildman–Crippen LogP) is 3.67. The van der Waals surface area contributed by atoms with Crippen LogP contribution in [-0.4, -0.2) is 59.6 Å². The van der Waals surface area contributed by atoms with Gasteiger partial charge < -0.3 is 14.6 Å². The van der Waals surface area contributed by atoms with Gasteiger partial charge in [0.2, 0.25) is 6.10 Å². The molecule has 0 spiro atoms. The first-order chi connectivity index (χ1) is 13.9. The van der Waals surface area contributed by atoms with Gasteiger partial charge in [-0.1, -0.05) is 28.4 Å². The molecule has 152 valence electrons. The van der Waals surface area contributed by atoms with Crippen LogP contribution in [0.3, 0.4) is 0 Å². The zero-order valence-corrected chi connectivity index (χ0v) is 17.4. The minimum Gasteiger partial charge on any atom is -0.382 e. The summed E-state index contributed by atoms with van der Waals surface area (Å²) in [6.45, 7) is 1.48. The SMILES string of the molecule is O=C(c1ccc(F)cc1Cl)N1CCN(C(=O)C2CC(c3ccc(Cl)s3)=NO2)CC1. The Balaban J connectivity index is 1.33. The average molecular weight is 456 g/mol. The number of carbonyl (C=O) groups excluding carboxylic acids is 2. The number of amides is 2. The Morgan fingerprint density at radius 2 is 1.83 bits per heavy atom. The number of carbonyl (C=O) groups is 2. The fourth-order valence-electron chi connectivity index (χ4n) is 3.29. The van der Waals surface area contributed by atoms with E-state index in [4.69, 9.17) is 28.0 Å². The fraction of sp³-hybridized carbons (Fsp3) is 0.316. The van der Waals surface area contributed by atoms with Gasteiger partial charge in [-0.3, -0.25) is 9.59 Å². The second kappa shape index (κ2) is 8.30. The third-order valence-corrected chi connectivity index (χ3v) is 6.43. The lowest BCUT2D eigenvalue weighted by molar-refractivity contribution is -0.143. The van der Waals surface area contributed by atoms with Crippen LogP contribution in [0, 0.1) is 5.82 Å². The van der Waals surface area contributed by atoms with Crippen molar-refractivity contribution in [3.63, 3.8) is 0 Å². The zero-order chi connectivity index (χ0) is 20.5. The molecule has 0 radical (unpaired) electrons. The van der Waals surface area contributed by atoms with E-state index >= 15 is 0 Å². The van der Waals surface area contributed by atoms with Crippen LogP contribution in [0.5, 0.6) is 0 Å². The molecule has 6 nitrogen and oxygen atoms in total. The van der Waals surface area contributed by atoms with Crippen molar-refractivity contribution in [1.29, 1.82) is 0 Å². The summed E-state index contributed by atoms with van der Waals surface area (Å²) in [4.78, 5) is 34.9. The molecule has 1 saturated heterocycles. The summed E-state index contributed by atoms with van der Waals surface area (Å²) in [5, 5.41) is 4.10. The molecule has 2 aliphatic heterocycles. The van der Waals surface area contributed by atoms with Crippen LogP contribution >= 0.6 is 34.5 Å². The first-order valence-corrected chi connectivity index (χ1v) is 10.5. The first kappa shape index (κ1) is 20.1. The highest BCUT2D eigenvalue weighted by Crippen LogP contribution is 2.27. The molecule has 0 saturated carbocycles. The molecule has 4 rings (SSSR count). The molecule has 1 aromatic carbocycles. The van der Waals surface area contributed by atoms with Crippen LogP contribution in [0.15, 0.2) is 35.5 Å². The smallest absolute Gasteiger partial charge is 0.267 e. The molecule has 1 unspecified atom stereocenters. The summed E-state index contributed by atoms with van der Waals surface area (Å²) < 4.78 is 13.8. The first-order valence-electron chi connectivity index (χ1n) is 8.94. The van der Waals surface area contributed by atoms with Crippen molar-refractivity contribution >= 4 is 52.1 Å². The minimum atomic E-state index is -0.667. The van der Waals surface area contributed by atoms with Crippen LogP contribution in [0.4, 0.5) is 4.39 Å². The van der Waals surface area contributed by atoms with Crippen molar-refractivity contribution in [2.24, 2.45) is 5.16 Å². The van der Waals surface area contributed by atoms with Gasteiger partial charge in [-0.15, -0.1) is 11.3 Å². The van der Waals surface area contributed by atoms with Crippen LogP contribution in [0.2, 0.25) is 9.36 Å². The van der Waals surface area contributed by atoms with E-state index in [0.29, 0.717) is 42.6 Å². The molecule has 0 N–H and O–H groups in total. The standard InChI is InChI=1S/C19H16Cl2FN3O3S/c20-13-9-11(22)1-2-12(13)18(26)24-5-7-25(8-6-24)19(27)15-10-14(23-28-15)16-3-4-17(21)29-16/h1-4,9,15H,5-8,10H2. The molecule has 1 atom stereocenters. The Hall–Kier alpha value is -2.16. The average Bonchev–Trinajstić information content (AvgIpc) is 3.36. The molecule has 0 bridgehead atoms. The largest absolute Gasteiger partial charge is 0.382 e. The zero-order valence-electron chi connectivity index (χ0n) is 15.1. The van der Waals surface area contributed by atoms with E-state index < -0.39 is 11.9 Å². The molecule has 2 aliphatic rings. The molecule has 10 heteroatoms. The number of nitrogens with zero attached hydrogens (tertiary/aromatic N) is 3. The van der Waals surface area contributed by atoms with Crippen molar-refractivity contribution < 1.29 is 18.8 Å². The monoisotopic (exact) mass is 455 g/mol. The topological polar surface area (TPSA) is 62.2 Å². The Kier molecular flexibility index (Phi) is 5.76. The van der Waals surface area contributed by atoms with Crippen molar-refractivity contribution in [2.45, 2.75) is 12.5 Å². The molecular formula is C19H16Cl2FN3O3S. The van der Waals surface area contributed by atoms with Crippen LogP contribution in [-0.2, 0) is 9.63 Å². The maximum atomic E-state index is 13.2. The number of piperazine rings is 1. The summed E-state index contributed by atoms with van der Waals surface area (Å²) in [7, 11) is 0. The van der Waals surface area contributed by atoms with E-state index in [0.717, 1.165) is 10.9 Å². The van der Waals surface area contributed by atoms with Crippen molar-refractivity contribution in [3.05, 3.63) is 55.9 Å². The highest BCUT2D eigenvalue weighted by molar-refractivity contribution is 7.18. The number of oxime groups is 1. The quantitative estimate of drug-likeness (QED) is 0.708. The van der Waals surface area contributed by atoms with Crippen molar-refractivity contribution in [3.8, 4) is 0 Å². The molecule has 2 aromatic rings. The molecule has 2 amide bonds. The third kappa shape index (κ3) is 4.24. The fourth-order valence-corrected chi connectivity index (χ4v) is 4.57. The van der Waals surface area contributed by atoms with Gasteiger partial charge >= 0.3 is 0 Å². The Morgan fingerprint density at radius 3 is 2.48 bits per heavy atom. The molecule has 3 heterocycles. The summed E-state index contributed by atoms with van der Waals surface area (Å²) in [6, 6.07) is 7.33. The van der Waals surface area contributed by atoms with Crippen LogP contribution in [0.1, 0.15) is 21.7 Å². The number of rotatable bonds is 3. The van der Waals surface area contributed by atoms with Crippen LogP contribution < -0.4 is 0 Å². The number of benzene rings is 1. The van der Waals surface area contributed by atoms with Gasteiger partial charge in [-0.2, -0.15) is 0 Å².